The monoisotopic (exact) mass is 582 g/mol. The van der Waals surface area contributed by atoms with Gasteiger partial charge in [-0.3, -0.25) is 4.79 Å². The molecule has 5 atom stereocenters. The summed E-state index contributed by atoms with van der Waals surface area (Å²) in [7, 11) is 1.93. The van der Waals surface area contributed by atoms with Crippen molar-refractivity contribution in [3.63, 3.8) is 0 Å². The maximum Gasteiger partial charge on any atom is 0.255 e. The van der Waals surface area contributed by atoms with E-state index in [2.05, 4.69) is 12.2 Å². The summed E-state index contributed by atoms with van der Waals surface area (Å²) in [5.41, 5.74) is 4.51. The molecule has 0 radical (unpaired) electrons. The topological polar surface area (TPSA) is 111 Å². The van der Waals surface area contributed by atoms with Crippen LogP contribution in [-0.4, -0.2) is 52.4 Å². The number of amides is 1. The molecular formula is C35H38N2O6. The van der Waals surface area contributed by atoms with Crippen LogP contribution >= 0.6 is 0 Å². The fraction of sp³-hybridized carbons (Fsp3) is 0.286. The fourth-order valence-corrected chi connectivity index (χ4v) is 5.36. The van der Waals surface area contributed by atoms with Crippen molar-refractivity contribution >= 4 is 11.6 Å². The Hall–Kier alpha value is -4.05. The normalized spacial score (nSPS) is 21.0. The summed E-state index contributed by atoms with van der Waals surface area (Å²) in [6.45, 7) is 2.95. The number of nitrogens with one attached hydrogen (secondary N) is 1. The van der Waals surface area contributed by atoms with E-state index in [-0.39, 0.29) is 36.4 Å². The van der Waals surface area contributed by atoms with Crippen molar-refractivity contribution in [1.29, 1.82) is 0 Å². The van der Waals surface area contributed by atoms with Crippen LogP contribution in [0.5, 0.6) is 5.75 Å². The first-order valence-corrected chi connectivity index (χ1v) is 14.4. The average Bonchev–Trinajstić information content (AvgIpc) is 3.03. The van der Waals surface area contributed by atoms with E-state index in [1.54, 1.807) is 36.4 Å². The highest BCUT2D eigenvalue weighted by atomic mass is 16.7. The second-order valence-electron chi connectivity index (χ2n) is 11.1. The molecule has 0 spiro atoms. The third-order valence-electron chi connectivity index (χ3n) is 7.83. The summed E-state index contributed by atoms with van der Waals surface area (Å²) < 4.78 is 13.1. The molecule has 4 aromatic carbocycles. The van der Waals surface area contributed by atoms with Crippen LogP contribution in [-0.2, 0) is 16.1 Å². The highest BCUT2D eigenvalue weighted by Gasteiger charge is 2.39. The predicted octanol–water partition coefficient (Wildman–Crippen LogP) is 5.59. The van der Waals surface area contributed by atoms with Crippen molar-refractivity contribution in [2.24, 2.45) is 5.92 Å². The first kappa shape index (κ1) is 30.4. The molecule has 1 amide bonds. The number of likely N-dealkylation sites (N-methyl/N-ethyl adjacent to an activating group) is 1. The predicted molar refractivity (Wildman–Crippen MR) is 164 cm³/mol. The minimum Gasteiger partial charge on any atom is -0.508 e. The third-order valence-corrected chi connectivity index (χ3v) is 7.83. The minimum atomic E-state index is -0.775. The number of carbonyl (C=O) groups is 1. The van der Waals surface area contributed by atoms with Crippen LogP contribution in [0.3, 0.4) is 0 Å². The second kappa shape index (κ2) is 13.9. The fourth-order valence-electron chi connectivity index (χ4n) is 5.36. The second-order valence-corrected chi connectivity index (χ2v) is 11.1. The molecular weight excluding hydrogens is 544 g/mol. The Morgan fingerprint density at radius 2 is 1.60 bits per heavy atom. The number of anilines is 1. The third kappa shape index (κ3) is 7.67. The number of hydrogen-bond donors (Lipinski definition) is 4. The van der Waals surface area contributed by atoms with E-state index in [1.807, 2.05) is 78.7 Å². The molecule has 5 unspecified atom stereocenters. The summed E-state index contributed by atoms with van der Waals surface area (Å²) >= 11 is 0. The molecule has 4 aromatic rings. The molecule has 1 saturated heterocycles. The van der Waals surface area contributed by atoms with Crippen molar-refractivity contribution in [2.45, 2.75) is 38.1 Å². The lowest BCUT2D eigenvalue weighted by atomic mass is 9.90. The number of ether oxygens (including phenoxy) is 2. The molecule has 1 fully saturated rings. The number of nitrogens with zero attached hydrogens (tertiary/aromatic N) is 1. The lowest BCUT2D eigenvalue weighted by molar-refractivity contribution is -0.276. The molecule has 1 heterocycles. The quantitative estimate of drug-likeness (QED) is 0.193. The van der Waals surface area contributed by atoms with Gasteiger partial charge in [0, 0.05) is 35.8 Å². The number of benzene rings is 4. The first-order valence-electron chi connectivity index (χ1n) is 14.4. The molecule has 5 rings (SSSR count). The Bertz CT molecular complexity index is 1480. The van der Waals surface area contributed by atoms with Crippen molar-refractivity contribution in [2.75, 3.05) is 25.5 Å². The zero-order valence-corrected chi connectivity index (χ0v) is 24.3. The van der Waals surface area contributed by atoms with Gasteiger partial charge in [0.2, 0.25) is 0 Å². The number of phenolic OH excluding ortho intramolecular Hbond substituents is 1. The van der Waals surface area contributed by atoms with Crippen LogP contribution in [0, 0.1) is 5.92 Å². The molecule has 0 bridgehead atoms. The van der Waals surface area contributed by atoms with Gasteiger partial charge in [-0.05, 0) is 60.1 Å². The number of rotatable bonds is 10. The van der Waals surface area contributed by atoms with E-state index >= 15 is 0 Å². The number of aromatic hydroxyl groups is 1. The summed E-state index contributed by atoms with van der Waals surface area (Å²) in [6, 6.07) is 30.9. The first-order chi connectivity index (χ1) is 20.8. The van der Waals surface area contributed by atoms with Crippen LogP contribution in [0.25, 0.3) is 0 Å². The molecule has 224 valence electrons. The highest BCUT2D eigenvalue weighted by Crippen LogP contribution is 2.42. The van der Waals surface area contributed by atoms with E-state index < -0.39 is 12.4 Å². The van der Waals surface area contributed by atoms with Gasteiger partial charge in [0.15, 0.2) is 6.29 Å². The van der Waals surface area contributed by atoms with E-state index in [4.69, 9.17) is 9.47 Å². The van der Waals surface area contributed by atoms with E-state index in [0.717, 1.165) is 16.7 Å². The van der Waals surface area contributed by atoms with E-state index in [1.165, 1.54) is 0 Å². The van der Waals surface area contributed by atoms with Crippen molar-refractivity contribution in [3.8, 4) is 5.75 Å². The largest absolute Gasteiger partial charge is 0.508 e. The maximum absolute atomic E-state index is 12.6. The SMILES string of the molecule is CC1C(CN(C)CC(O)c2cccc(O)c2)OC(c2ccc(NC(=O)c3ccccc3)cc2)OC1c1ccc(CO)cc1. The molecule has 8 nitrogen and oxygen atoms in total. The van der Waals surface area contributed by atoms with Gasteiger partial charge in [0.05, 0.1) is 24.9 Å². The Labute approximate surface area is 252 Å². The van der Waals surface area contributed by atoms with Crippen LogP contribution in [0.15, 0.2) is 103 Å². The molecule has 0 aromatic heterocycles. The zero-order valence-electron chi connectivity index (χ0n) is 24.3. The Balaban J connectivity index is 1.32. The molecule has 8 heteroatoms. The standard InChI is InChI=1S/C35H38N2O6/c1-23-32(21-37(2)20-31(40)28-9-6-10-30(39)19-28)42-35(43-33(23)25-13-11-24(22-38)12-14-25)27-15-17-29(18-16-27)36-34(41)26-7-4-3-5-8-26/h3-19,23,31-33,35,38-40H,20-22H2,1-2H3,(H,36,41). The Kier molecular flexibility index (Phi) is 9.86. The number of aliphatic hydroxyl groups is 2. The van der Waals surface area contributed by atoms with Gasteiger partial charge < -0.3 is 35.0 Å². The van der Waals surface area contributed by atoms with Crippen LogP contribution in [0.4, 0.5) is 5.69 Å². The van der Waals surface area contributed by atoms with Crippen molar-refractivity contribution in [3.05, 3.63) is 131 Å². The van der Waals surface area contributed by atoms with Crippen LogP contribution in [0.2, 0.25) is 0 Å². The van der Waals surface area contributed by atoms with Gasteiger partial charge in [-0.1, -0.05) is 73.7 Å². The van der Waals surface area contributed by atoms with E-state index in [9.17, 15) is 20.1 Å². The van der Waals surface area contributed by atoms with Gasteiger partial charge in [0.1, 0.15) is 5.75 Å². The van der Waals surface area contributed by atoms with Crippen molar-refractivity contribution < 1.29 is 29.6 Å². The van der Waals surface area contributed by atoms with E-state index in [0.29, 0.717) is 29.9 Å². The molecule has 0 saturated carbocycles. The van der Waals surface area contributed by atoms with Gasteiger partial charge in [-0.2, -0.15) is 0 Å². The van der Waals surface area contributed by atoms with Crippen LogP contribution < -0.4 is 5.32 Å². The summed E-state index contributed by atoms with van der Waals surface area (Å²) in [6.07, 6.45) is -1.95. The number of phenols is 1. The van der Waals surface area contributed by atoms with Crippen LogP contribution in [0.1, 0.15) is 58.0 Å². The van der Waals surface area contributed by atoms with Gasteiger partial charge in [-0.15, -0.1) is 0 Å². The summed E-state index contributed by atoms with van der Waals surface area (Å²) in [5, 5.41) is 33.1. The lowest BCUT2D eigenvalue weighted by Crippen LogP contribution is -2.44. The van der Waals surface area contributed by atoms with Gasteiger partial charge >= 0.3 is 0 Å². The number of aliphatic hydroxyl groups excluding tert-OH is 2. The Morgan fingerprint density at radius 3 is 2.28 bits per heavy atom. The molecule has 0 aliphatic carbocycles. The van der Waals surface area contributed by atoms with Gasteiger partial charge in [-0.25, -0.2) is 0 Å². The number of hydrogen-bond acceptors (Lipinski definition) is 7. The number of carbonyl (C=O) groups excluding carboxylic acids is 1. The highest BCUT2D eigenvalue weighted by molar-refractivity contribution is 6.04. The maximum atomic E-state index is 12.6. The zero-order chi connectivity index (χ0) is 30.3. The molecule has 1 aliphatic heterocycles. The van der Waals surface area contributed by atoms with Crippen molar-refractivity contribution in [1.82, 2.24) is 4.90 Å². The molecule has 1 aliphatic rings. The lowest BCUT2D eigenvalue weighted by Gasteiger charge is -2.42. The minimum absolute atomic E-state index is 0.0268. The molecule has 4 N–H and O–H groups in total. The Morgan fingerprint density at radius 1 is 0.907 bits per heavy atom. The van der Waals surface area contributed by atoms with Gasteiger partial charge in [0.25, 0.3) is 5.91 Å². The summed E-state index contributed by atoms with van der Waals surface area (Å²) in [4.78, 5) is 14.6. The average molecular weight is 583 g/mol. The smallest absolute Gasteiger partial charge is 0.255 e. The summed E-state index contributed by atoms with van der Waals surface area (Å²) in [5.74, 6) is -0.0973. The molecule has 43 heavy (non-hydrogen) atoms.